The van der Waals surface area contributed by atoms with Gasteiger partial charge in [0.25, 0.3) is 0 Å². The summed E-state index contributed by atoms with van der Waals surface area (Å²) in [4.78, 5) is 64.4. The third kappa shape index (κ3) is 18.0. The molecule has 0 aromatic carbocycles. The van der Waals surface area contributed by atoms with Gasteiger partial charge in [0.1, 0.15) is 6.61 Å². The summed E-state index contributed by atoms with van der Waals surface area (Å²) < 4.78 is 14.7. The lowest BCUT2D eigenvalue weighted by molar-refractivity contribution is -0.140. The molecule has 1 aliphatic rings. The second-order valence-corrected chi connectivity index (χ2v) is 8.78. The van der Waals surface area contributed by atoms with E-state index in [4.69, 9.17) is 9.47 Å². The van der Waals surface area contributed by atoms with Crippen LogP contribution in [0.4, 0.5) is 4.79 Å². The summed E-state index contributed by atoms with van der Waals surface area (Å²) in [5, 5.41) is 30.5. The molecule has 1 heterocycles. The van der Waals surface area contributed by atoms with E-state index in [1.54, 1.807) is 21.6 Å². The van der Waals surface area contributed by atoms with Gasteiger partial charge < -0.3 is 34.8 Å². The summed E-state index contributed by atoms with van der Waals surface area (Å²) in [6, 6.07) is 0. The predicted molar refractivity (Wildman–Crippen MR) is 135 cm³/mol. The summed E-state index contributed by atoms with van der Waals surface area (Å²) in [6.07, 6.45) is -0.776. The van der Waals surface area contributed by atoms with Crippen molar-refractivity contribution in [3.05, 3.63) is 0 Å². The van der Waals surface area contributed by atoms with Crippen LogP contribution in [0, 0.1) is 0 Å². The van der Waals surface area contributed by atoms with Gasteiger partial charge in [0.2, 0.25) is 5.91 Å². The topological polar surface area (TPSA) is 199 Å². The molecule has 0 spiro atoms. The number of ether oxygens (including phenoxy) is 3. The van der Waals surface area contributed by atoms with Crippen LogP contribution >= 0.6 is 0 Å². The average molecular weight is 564 g/mol. The molecular weight excluding hydrogens is 522 g/mol. The van der Waals surface area contributed by atoms with Crippen molar-refractivity contribution in [2.24, 2.45) is 0 Å². The summed E-state index contributed by atoms with van der Waals surface area (Å²) in [5.74, 6) is -3.34. The molecule has 0 atom stereocenters. The van der Waals surface area contributed by atoms with Crippen molar-refractivity contribution in [3.8, 4) is 0 Å². The first kappa shape index (κ1) is 34.0. The Morgan fingerprint density at radius 2 is 1.03 bits per heavy atom. The molecule has 16 heteroatoms. The molecule has 224 valence electrons. The number of aliphatic carboxylic acids is 3. The van der Waals surface area contributed by atoms with Crippen LogP contribution in [-0.4, -0.2) is 176 Å². The molecule has 0 bridgehead atoms. The molecule has 1 amide bonds. The first-order valence-corrected chi connectivity index (χ1v) is 12.8. The minimum absolute atomic E-state index is 0.0128. The average Bonchev–Trinajstić information content (AvgIpc) is 2.84. The van der Waals surface area contributed by atoms with Crippen LogP contribution in [0.1, 0.15) is 6.92 Å². The number of rotatable bonds is 15. The summed E-state index contributed by atoms with van der Waals surface area (Å²) in [5.41, 5.74) is 0. The Hall–Kier alpha value is -3.05. The van der Waals surface area contributed by atoms with Crippen molar-refractivity contribution in [1.29, 1.82) is 0 Å². The number of carbonyl (C=O) groups excluding carboxylic acids is 2. The van der Waals surface area contributed by atoms with E-state index < -0.39 is 24.1 Å². The fourth-order valence-corrected chi connectivity index (χ4v) is 3.75. The first-order chi connectivity index (χ1) is 18.6. The van der Waals surface area contributed by atoms with Gasteiger partial charge in [0, 0.05) is 58.9 Å². The van der Waals surface area contributed by atoms with Gasteiger partial charge in [-0.1, -0.05) is 0 Å². The van der Waals surface area contributed by atoms with Crippen molar-refractivity contribution in [2.75, 3.05) is 112 Å². The van der Waals surface area contributed by atoms with Gasteiger partial charge in [-0.25, -0.2) is 4.79 Å². The van der Waals surface area contributed by atoms with Gasteiger partial charge in [-0.05, 0) is 6.92 Å². The Labute approximate surface area is 227 Å². The third-order valence-corrected chi connectivity index (χ3v) is 5.65. The Morgan fingerprint density at radius 3 is 1.41 bits per heavy atom. The van der Waals surface area contributed by atoms with Crippen molar-refractivity contribution in [3.63, 3.8) is 0 Å². The zero-order valence-corrected chi connectivity index (χ0v) is 22.4. The summed E-state index contributed by atoms with van der Waals surface area (Å²) in [7, 11) is 0. The number of amides is 1. The van der Waals surface area contributed by atoms with Crippen LogP contribution in [0.2, 0.25) is 0 Å². The van der Waals surface area contributed by atoms with Crippen molar-refractivity contribution < 1.29 is 53.5 Å². The fraction of sp³-hybridized carbons (Fsp3) is 0.783. The number of nitrogens with one attached hydrogen (secondary N) is 1. The number of carboxylic acid groups (broad SMARTS) is 3. The lowest BCUT2D eigenvalue weighted by atomic mass is 10.3. The van der Waals surface area contributed by atoms with E-state index >= 15 is 0 Å². The van der Waals surface area contributed by atoms with Crippen molar-refractivity contribution in [2.45, 2.75) is 6.92 Å². The molecule has 1 fully saturated rings. The highest BCUT2D eigenvalue weighted by molar-refractivity contribution is 5.78. The lowest BCUT2D eigenvalue weighted by Gasteiger charge is -2.32. The monoisotopic (exact) mass is 563 g/mol. The highest BCUT2D eigenvalue weighted by atomic mass is 16.7. The van der Waals surface area contributed by atoms with E-state index in [0.29, 0.717) is 52.4 Å². The normalized spacial score (nSPS) is 16.9. The Balaban J connectivity index is 2.66. The lowest BCUT2D eigenvalue weighted by Crippen LogP contribution is -2.50. The van der Waals surface area contributed by atoms with Gasteiger partial charge in [0.15, 0.2) is 0 Å². The summed E-state index contributed by atoms with van der Waals surface area (Å²) >= 11 is 0. The van der Waals surface area contributed by atoms with Gasteiger partial charge in [0.05, 0.1) is 46.0 Å². The molecule has 0 aliphatic carbocycles. The van der Waals surface area contributed by atoms with Gasteiger partial charge >= 0.3 is 24.1 Å². The smallest absolute Gasteiger partial charge is 0.480 e. The molecule has 1 saturated heterocycles. The van der Waals surface area contributed by atoms with E-state index in [-0.39, 0.29) is 65.1 Å². The number of hydrogen-bond acceptors (Lipinski definition) is 12. The molecule has 39 heavy (non-hydrogen) atoms. The maximum absolute atomic E-state index is 12.5. The Morgan fingerprint density at radius 1 is 0.615 bits per heavy atom. The van der Waals surface area contributed by atoms with E-state index in [2.05, 4.69) is 10.1 Å². The highest BCUT2D eigenvalue weighted by Crippen LogP contribution is 2.01. The first-order valence-electron chi connectivity index (χ1n) is 12.8. The van der Waals surface area contributed by atoms with Crippen LogP contribution in [0.25, 0.3) is 0 Å². The molecule has 1 rings (SSSR count). The van der Waals surface area contributed by atoms with E-state index in [1.165, 1.54) is 0 Å². The molecule has 0 radical (unpaired) electrons. The quantitative estimate of drug-likeness (QED) is 0.123. The second-order valence-electron chi connectivity index (χ2n) is 8.78. The minimum Gasteiger partial charge on any atom is -0.480 e. The largest absolute Gasteiger partial charge is 0.508 e. The molecule has 0 aromatic rings. The van der Waals surface area contributed by atoms with Crippen LogP contribution in [0.15, 0.2) is 0 Å². The van der Waals surface area contributed by atoms with Crippen LogP contribution in [0.5, 0.6) is 0 Å². The van der Waals surface area contributed by atoms with Crippen molar-refractivity contribution >= 4 is 30.0 Å². The maximum Gasteiger partial charge on any atom is 0.508 e. The third-order valence-electron chi connectivity index (χ3n) is 5.65. The molecule has 0 saturated carbocycles. The highest BCUT2D eigenvalue weighted by Gasteiger charge is 2.21. The zero-order valence-electron chi connectivity index (χ0n) is 22.4. The zero-order chi connectivity index (χ0) is 29.0. The second kappa shape index (κ2) is 19.9. The molecule has 0 aromatic heterocycles. The van der Waals surface area contributed by atoms with Crippen LogP contribution < -0.4 is 5.32 Å². The standard InChI is InChI=1S/C23H41N5O11/c1-2-38-23(36)39-14-13-37-12-3-24-19(29)15-25-4-6-26(16-20(30)31)8-10-28(18-22(34)35)11-9-27(7-5-25)17-21(32)33/h2-18H2,1H3,(H,24,29)(H,30,31)(H,32,33)(H,34,35). The van der Waals surface area contributed by atoms with Gasteiger partial charge in [-0.15, -0.1) is 0 Å². The number of carboxylic acids is 3. The van der Waals surface area contributed by atoms with Gasteiger partial charge in [-0.2, -0.15) is 0 Å². The molecule has 1 aliphatic heterocycles. The summed E-state index contributed by atoms with van der Waals surface area (Å²) in [6.45, 7) is 4.31. The maximum atomic E-state index is 12.5. The van der Waals surface area contributed by atoms with E-state index in [9.17, 15) is 39.3 Å². The number of carbonyl (C=O) groups is 5. The van der Waals surface area contributed by atoms with Crippen LogP contribution in [-0.2, 0) is 33.4 Å². The molecular formula is C23H41N5O11. The molecule has 4 N–H and O–H groups in total. The fourth-order valence-electron chi connectivity index (χ4n) is 3.75. The van der Waals surface area contributed by atoms with Crippen molar-refractivity contribution in [1.82, 2.24) is 24.9 Å². The Kier molecular flexibility index (Phi) is 17.4. The van der Waals surface area contributed by atoms with Crippen LogP contribution in [0.3, 0.4) is 0 Å². The minimum atomic E-state index is -1.02. The SMILES string of the molecule is CCOC(=O)OCCOCCNC(=O)CN1CCN(CC(=O)O)CCN(CC(=O)O)CCN(CC(=O)O)CC1. The van der Waals surface area contributed by atoms with E-state index in [1.807, 2.05) is 4.90 Å². The molecule has 16 nitrogen and oxygen atoms in total. The number of hydrogen-bond donors (Lipinski definition) is 4. The Bertz CT molecular complexity index is 754. The predicted octanol–water partition coefficient (Wildman–Crippen LogP) is -2.23. The van der Waals surface area contributed by atoms with E-state index in [0.717, 1.165) is 0 Å². The van der Waals surface area contributed by atoms with Gasteiger partial charge in [-0.3, -0.25) is 38.8 Å². The molecule has 0 unspecified atom stereocenters. The number of nitrogens with zero attached hydrogens (tertiary/aromatic N) is 4.